The molecule has 0 aromatic rings. The van der Waals surface area contributed by atoms with Gasteiger partial charge in [-0.25, -0.2) is 0 Å². The topological polar surface area (TPSA) is 32.5 Å². The number of likely N-dealkylation sites (N-methyl/N-ethyl adjacent to an activating group) is 2. The van der Waals surface area contributed by atoms with Gasteiger partial charge in [0, 0.05) is 25.2 Å². The van der Waals surface area contributed by atoms with E-state index in [2.05, 4.69) is 37.7 Å². The summed E-state index contributed by atoms with van der Waals surface area (Å²) in [5.41, 5.74) is 5.90. The summed E-state index contributed by atoms with van der Waals surface area (Å²) >= 11 is 0. The van der Waals surface area contributed by atoms with E-state index in [1.54, 1.807) is 0 Å². The summed E-state index contributed by atoms with van der Waals surface area (Å²) in [5.74, 6) is 0.696. The second kappa shape index (κ2) is 6.58. The summed E-state index contributed by atoms with van der Waals surface area (Å²) in [6, 6.07) is 1.28. The van der Waals surface area contributed by atoms with E-state index in [-0.39, 0.29) is 0 Å². The molecule has 1 heterocycles. The van der Waals surface area contributed by atoms with Gasteiger partial charge in [-0.05, 0) is 39.4 Å². The maximum absolute atomic E-state index is 5.90. The SMILES string of the molecule is CCC(C)C(CN)N(C)CC1CCCN1C. The van der Waals surface area contributed by atoms with Crippen LogP contribution in [-0.2, 0) is 0 Å². The molecule has 0 aromatic carbocycles. The molecule has 1 saturated heterocycles. The van der Waals surface area contributed by atoms with Crippen LogP contribution in [0.1, 0.15) is 33.1 Å². The minimum absolute atomic E-state index is 0.541. The smallest absolute Gasteiger partial charge is 0.0241 e. The lowest BCUT2D eigenvalue weighted by atomic mass is 9.97. The zero-order valence-corrected chi connectivity index (χ0v) is 11.4. The van der Waals surface area contributed by atoms with Crippen LogP contribution in [0.3, 0.4) is 0 Å². The molecule has 1 aliphatic rings. The third-order valence-corrected chi connectivity index (χ3v) is 4.28. The van der Waals surface area contributed by atoms with Crippen LogP contribution in [0.4, 0.5) is 0 Å². The molecule has 3 atom stereocenters. The monoisotopic (exact) mass is 227 g/mol. The Bertz CT molecular complexity index is 196. The summed E-state index contributed by atoms with van der Waals surface area (Å²) < 4.78 is 0. The van der Waals surface area contributed by atoms with Gasteiger partial charge in [0.05, 0.1) is 0 Å². The van der Waals surface area contributed by atoms with Crippen molar-refractivity contribution < 1.29 is 0 Å². The lowest BCUT2D eigenvalue weighted by molar-refractivity contribution is 0.143. The zero-order valence-electron chi connectivity index (χ0n) is 11.4. The minimum atomic E-state index is 0.541. The fourth-order valence-corrected chi connectivity index (χ4v) is 2.80. The van der Waals surface area contributed by atoms with Crippen LogP contribution in [0.25, 0.3) is 0 Å². The number of nitrogens with two attached hydrogens (primary N) is 1. The third kappa shape index (κ3) is 3.44. The molecule has 1 rings (SSSR count). The van der Waals surface area contributed by atoms with Gasteiger partial charge >= 0.3 is 0 Å². The molecule has 0 radical (unpaired) electrons. The maximum Gasteiger partial charge on any atom is 0.0241 e. The van der Waals surface area contributed by atoms with E-state index >= 15 is 0 Å². The molecule has 0 aliphatic carbocycles. The van der Waals surface area contributed by atoms with Gasteiger partial charge in [-0.1, -0.05) is 20.3 Å². The van der Waals surface area contributed by atoms with E-state index in [0.29, 0.717) is 12.0 Å². The Morgan fingerprint density at radius 3 is 2.62 bits per heavy atom. The molecule has 0 saturated carbocycles. The number of likely N-dealkylation sites (tertiary alicyclic amines) is 1. The van der Waals surface area contributed by atoms with Crippen LogP contribution < -0.4 is 5.73 Å². The molecule has 3 unspecified atom stereocenters. The first-order chi connectivity index (χ1) is 7.60. The fraction of sp³-hybridized carbons (Fsp3) is 1.00. The molecule has 96 valence electrons. The van der Waals surface area contributed by atoms with E-state index in [0.717, 1.165) is 12.6 Å². The van der Waals surface area contributed by atoms with Crippen molar-refractivity contribution in [3.05, 3.63) is 0 Å². The summed E-state index contributed by atoms with van der Waals surface area (Å²) in [6.45, 7) is 7.77. The highest BCUT2D eigenvalue weighted by atomic mass is 15.2. The first kappa shape index (κ1) is 13.9. The van der Waals surface area contributed by atoms with Crippen molar-refractivity contribution in [2.75, 3.05) is 33.7 Å². The molecule has 1 fully saturated rings. The largest absolute Gasteiger partial charge is 0.329 e. The Morgan fingerprint density at radius 1 is 1.50 bits per heavy atom. The minimum Gasteiger partial charge on any atom is -0.329 e. The average Bonchev–Trinajstić information content (AvgIpc) is 2.65. The Kier molecular flexibility index (Phi) is 5.73. The number of hydrogen-bond donors (Lipinski definition) is 1. The lowest BCUT2D eigenvalue weighted by Gasteiger charge is -2.34. The van der Waals surface area contributed by atoms with Gasteiger partial charge in [0.2, 0.25) is 0 Å². The molecule has 16 heavy (non-hydrogen) atoms. The number of hydrogen-bond acceptors (Lipinski definition) is 3. The van der Waals surface area contributed by atoms with Gasteiger partial charge in [0.25, 0.3) is 0 Å². The average molecular weight is 227 g/mol. The summed E-state index contributed by atoms with van der Waals surface area (Å²) in [4.78, 5) is 4.96. The van der Waals surface area contributed by atoms with Crippen molar-refractivity contribution in [3.63, 3.8) is 0 Å². The van der Waals surface area contributed by atoms with E-state index < -0.39 is 0 Å². The van der Waals surface area contributed by atoms with Gasteiger partial charge in [-0.2, -0.15) is 0 Å². The Morgan fingerprint density at radius 2 is 2.19 bits per heavy atom. The van der Waals surface area contributed by atoms with Crippen LogP contribution in [0.15, 0.2) is 0 Å². The molecule has 0 spiro atoms. The molecule has 0 bridgehead atoms. The van der Waals surface area contributed by atoms with Gasteiger partial charge in [0.15, 0.2) is 0 Å². The highest BCUT2D eigenvalue weighted by molar-refractivity contribution is 4.83. The van der Waals surface area contributed by atoms with Crippen LogP contribution in [0, 0.1) is 5.92 Å². The Labute approximate surface area is 101 Å². The van der Waals surface area contributed by atoms with Crippen LogP contribution >= 0.6 is 0 Å². The van der Waals surface area contributed by atoms with E-state index in [1.807, 2.05) is 0 Å². The molecule has 3 heteroatoms. The molecular weight excluding hydrogens is 198 g/mol. The third-order valence-electron chi connectivity index (χ3n) is 4.28. The molecule has 1 aliphatic heterocycles. The molecule has 3 nitrogen and oxygen atoms in total. The Balaban J connectivity index is 2.45. The van der Waals surface area contributed by atoms with Crippen LogP contribution in [-0.4, -0.2) is 55.6 Å². The lowest BCUT2D eigenvalue weighted by Crippen LogP contribution is -2.47. The van der Waals surface area contributed by atoms with Crippen molar-refractivity contribution in [1.82, 2.24) is 9.80 Å². The van der Waals surface area contributed by atoms with Gasteiger partial charge in [0.1, 0.15) is 0 Å². The van der Waals surface area contributed by atoms with Crippen molar-refractivity contribution in [2.45, 2.75) is 45.2 Å². The van der Waals surface area contributed by atoms with Crippen molar-refractivity contribution in [3.8, 4) is 0 Å². The molecule has 0 aromatic heterocycles. The van der Waals surface area contributed by atoms with Crippen molar-refractivity contribution in [2.24, 2.45) is 11.7 Å². The first-order valence-corrected chi connectivity index (χ1v) is 6.70. The standard InChI is InChI=1S/C13H29N3/c1-5-11(2)13(9-14)16(4)10-12-7-6-8-15(12)3/h11-13H,5-10,14H2,1-4H3. The van der Waals surface area contributed by atoms with Gasteiger partial charge < -0.3 is 15.5 Å². The van der Waals surface area contributed by atoms with E-state index in [1.165, 1.54) is 32.4 Å². The van der Waals surface area contributed by atoms with Gasteiger partial charge in [-0.15, -0.1) is 0 Å². The quantitative estimate of drug-likeness (QED) is 0.744. The number of nitrogens with zero attached hydrogens (tertiary/aromatic N) is 2. The normalized spacial score (nSPS) is 26.2. The Hall–Kier alpha value is -0.120. The molecular formula is C13H29N3. The summed E-state index contributed by atoms with van der Waals surface area (Å²) in [7, 11) is 4.47. The molecule has 2 N–H and O–H groups in total. The highest BCUT2D eigenvalue weighted by Gasteiger charge is 2.26. The highest BCUT2D eigenvalue weighted by Crippen LogP contribution is 2.18. The van der Waals surface area contributed by atoms with Crippen LogP contribution in [0.5, 0.6) is 0 Å². The van der Waals surface area contributed by atoms with E-state index in [4.69, 9.17) is 5.73 Å². The number of rotatable bonds is 6. The first-order valence-electron chi connectivity index (χ1n) is 6.70. The second-order valence-corrected chi connectivity index (χ2v) is 5.40. The summed E-state index contributed by atoms with van der Waals surface area (Å²) in [6.07, 6.45) is 3.91. The zero-order chi connectivity index (χ0) is 12.1. The predicted octanol–water partition coefficient (Wildman–Crippen LogP) is 1.39. The maximum atomic E-state index is 5.90. The fourth-order valence-electron chi connectivity index (χ4n) is 2.80. The summed E-state index contributed by atoms with van der Waals surface area (Å²) in [5, 5.41) is 0. The second-order valence-electron chi connectivity index (χ2n) is 5.40. The van der Waals surface area contributed by atoms with Crippen LogP contribution in [0.2, 0.25) is 0 Å². The van der Waals surface area contributed by atoms with E-state index in [9.17, 15) is 0 Å². The predicted molar refractivity (Wildman–Crippen MR) is 70.6 cm³/mol. The molecule has 0 amide bonds. The van der Waals surface area contributed by atoms with Gasteiger partial charge in [-0.3, -0.25) is 0 Å². The van der Waals surface area contributed by atoms with Crippen molar-refractivity contribution >= 4 is 0 Å². The van der Waals surface area contributed by atoms with Crippen molar-refractivity contribution in [1.29, 1.82) is 0 Å².